The maximum atomic E-state index is 4.56. The van der Waals surface area contributed by atoms with Gasteiger partial charge >= 0.3 is 0 Å². The molecule has 2 aliphatic rings. The molecular weight excluding hydrogens is 236 g/mol. The van der Waals surface area contributed by atoms with Crippen molar-refractivity contribution in [2.75, 3.05) is 43.0 Å². The van der Waals surface area contributed by atoms with E-state index in [1.165, 1.54) is 31.4 Å². The Balaban J connectivity index is 1.72. The van der Waals surface area contributed by atoms with Gasteiger partial charge in [0.2, 0.25) is 0 Å². The molecular formula is C15H24N4. The van der Waals surface area contributed by atoms with Crippen LogP contribution in [0.1, 0.15) is 25.7 Å². The smallest absolute Gasteiger partial charge is 0.130 e. The van der Waals surface area contributed by atoms with Crippen LogP contribution in [0, 0.1) is 0 Å². The van der Waals surface area contributed by atoms with Crippen molar-refractivity contribution in [2.45, 2.75) is 31.7 Å². The molecule has 2 fully saturated rings. The van der Waals surface area contributed by atoms with Crippen LogP contribution in [0.4, 0.5) is 11.5 Å². The Morgan fingerprint density at radius 1 is 1.16 bits per heavy atom. The zero-order chi connectivity index (χ0) is 13.1. The summed E-state index contributed by atoms with van der Waals surface area (Å²) in [6.45, 7) is 4.58. The number of rotatable bonds is 3. The number of hydrogen-bond acceptors (Lipinski definition) is 4. The number of anilines is 2. The highest BCUT2D eigenvalue weighted by Gasteiger charge is 2.22. The second-order valence-corrected chi connectivity index (χ2v) is 5.64. The summed E-state index contributed by atoms with van der Waals surface area (Å²) in [5.41, 5.74) is 1.33. The fourth-order valence-electron chi connectivity index (χ4n) is 3.13. The van der Waals surface area contributed by atoms with Crippen molar-refractivity contribution in [1.82, 2.24) is 10.3 Å². The predicted octanol–water partition coefficient (Wildman–Crippen LogP) is 1.87. The number of likely N-dealkylation sites (N-methyl/N-ethyl adjacent to an activating group) is 1. The van der Waals surface area contributed by atoms with Crippen LogP contribution in [0.3, 0.4) is 0 Å². The Kier molecular flexibility index (Phi) is 3.87. The monoisotopic (exact) mass is 260 g/mol. The average Bonchev–Trinajstić information content (AvgIpc) is 2.97. The van der Waals surface area contributed by atoms with Crippen LogP contribution in [0.15, 0.2) is 18.3 Å². The van der Waals surface area contributed by atoms with Crippen LogP contribution in [0.25, 0.3) is 0 Å². The maximum absolute atomic E-state index is 4.56. The molecule has 2 saturated heterocycles. The number of hydrogen-bond donors (Lipinski definition) is 1. The van der Waals surface area contributed by atoms with E-state index in [9.17, 15) is 0 Å². The van der Waals surface area contributed by atoms with Gasteiger partial charge in [0.1, 0.15) is 5.82 Å². The van der Waals surface area contributed by atoms with Gasteiger partial charge in [0.05, 0.1) is 0 Å². The van der Waals surface area contributed by atoms with E-state index in [0.717, 1.165) is 32.0 Å². The average molecular weight is 260 g/mol. The second-order valence-electron chi connectivity index (χ2n) is 5.64. The van der Waals surface area contributed by atoms with E-state index >= 15 is 0 Å². The summed E-state index contributed by atoms with van der Waals surface area (Å²) >= 11 is 0. The van der Waals surface area contributed by atoms with Gasteiger partial charge in [0.15, 0.2) is 0 Å². The fraction of sp³-hybridized carbons (Fsp3) is 0.667. The Labute approximate surface area is 115 Å². The van der Waals surface area contributed by atoms with Gasteiger partial charge < -0.3 is 15.1 Å². The highest BCUT2D eigenvalue weighted by molar-refractivity contribution is 5.55. The lowest BCUT2D eigenvalue weighted by Crippen LogP contribution is -2.31. The molecule has 4 heteroatoms. The molecule has 0 radical (unpaired) electrons. The van der Waals surface area contributed by atoms with E-state index in [-0.39, 0.29) is 0 Å². The molecule has 4 nitrogen and oxygen atoms in total. The van der Waals surface area contributed by atoms with Crippen molar-refractivity contribution < 1.29 is 0 Å². The molecule has 1 N–H and O–H groups in total. The Morgan fingerprint density at radius 2 is 2.00 bits per heavy atom. The zero-order valence-corrected chi connectivity index (χ0v) is 11.8. The molecule has 1 aromatic heterocycles. The van der Waals surface area contributed by atoms with E-state index in [0.29, 0.717) is 6.04 Å². The van der Waals surface area contributed by atoms with Crippen LogP contribution in [-0.4, -0.2) is 44.3 Å². The molecule has 0 aliphatic carbocycles. The zero-order valence-electron chi connectivity index (χ0n) is 11.8. The molecule has 1 aromatic rings. The minimum Gasteiger partial charge on any atom is -0.370 e. The maximum Gasteiger partial charge on any atom is 0.130 e. The summed E-state index contributed by atoms with van der Waals surface area (Å²) in [5.74, 6) is 1.16. The first-order valence-corrected chi connectivity index (χ1v) is 7.50. The molecule has 1 atom stereocenters. The third-order valence-electron chi connectivity index (χ3n) is 4.37. The largest absolute Gasteiger partial charge is 0.370 e. The van der Waals surface area contributed by atoms with Gasteiger partial charge in [0, 0.05) is 50.2 Å². The molecule has 19 heavy (non-hydrogen) atoms. The minimum atomic E-state index is 0.631. The van der Waals surface area contributed by atoms with Crippen LogP contribution >= 0.6 is 0 Å². The van der Waals surface area contributed by atoms with Crippen molar-refractivity contribution >= 4 is 11.5 Å². The topological polar surface area (TPSA) is 31.4 Å². The highest BCUT2D eigenvalue weighted by Crippen LogP contribution is 2.25. The van der Waals surface area contributed by atoms with Crippen molar-refractivity contribution in [2.24, 2.45) is 0 Å². The van der Waals surface area contributed by atoms with E-state index in [1.54, 1.807) is 0 Å². The highest BCUT2D eigenvalue weighted by atomic mass is 15.2. The first-order valence-electron chi connectivity index (χ1n) is 7.50. The summed E-state index contributed by atoms with van der Waals surface area (Å²) < 4.78 is 0. The summed E-state index contributed by atoms with van der Waals surface area (Å²) in [6.07, 6.45) is 7.17. The fourth-order valence-corrected chi connectivity index (χ4v) is 3.13. The SMILES string of the molecule is CN[C@@H]1CCN(c2ccnc(N3CCCCC3)c2)C1. The molecule has 104 valence electrons. The molecule has 0 unspecified atom stereocenters. The third-order valence-corrected chi connectivity index (χ3v) is 4.37. The van der Waals surface area contributed by atoms with Crippen LogP contribution in [-0.2, 0) is 0 Å². The van der Waals surface area contributed by atoms with E-state index in [1.807, 2.05) is 6.20 Å². The van der Waals surface area contributed by atoms with E-state index in [4.69, 9.17) is 0 Å². The molecule has 0 spiro atoms. The number of piperidine rings is 1. The van der Waals surface area contributed by atoms with Crippen LogP contribution in [0.2, 0.25) is 0 Å². The van der Waals surface area contributed by atoms with Crippen molar-refractivity contribution in [3.63, 3.8) is 0 Å². The quantitative estimate of drug-likeness (QED) is 0.899. The molecule has 3 heterocycles. The third kappa shape index (κ3) is 2.84. The van der Waals surface area contributed by atoms with Gasteiger partial charge in [-0.05, 0) is 38.8 Å². The second kappa shape index (κ2) is 5.78. The van der Waals surface area contributed by atoms with Gasteiger partial charge in [-0.15, -0.1) is 0 Å². The van der Waals surface area contributed by atoms with Crippen LogP contribution in [0.5, 0.6) is 0 Å². The lowest BCUT2D eigenvalue weighted by molar-refractivity contribution is 0.573. The van der Waals surface area contributed by atoms with Gasteiger partial charge in [-0.2, -0.15) is 0 Å². The van der Waals surface area contributed by atoms with Crippen LogP contribution < -0.4 is 15.1 Å². The molecule has 0 saturated carbocycles. The van der Waals surface area contributed by atoms with Gasteiger partial charge in [-0.25, -0.2) is 4.98 Å². The van der Waals surface area contributed by atoms with E-state index in [2.05, 4.69) is 39.3 Å². The first-order chi connectivity index (χ1) is 9.36. The number of pyridine rings is 1. The number of nitrogens with zero attached hydrogens (tertiary/aromatic N) is 3. The summed E-state index contributed by atoms with van der Waals surface area (Å²) in [7, 11) is 2.06. The van der Waals surface area contributed by atoms with E-state index < -0.39 is 0 Å². The Hall–Kier alpha value is -1.29. The van der Waals surface area contributed by atoms with Crippen molar-refractivity contribution in [1.29, 1.82) is 0 Å². The molecule has 3 rings (SSSR count). The Bertz CT molecular complexity index is 414. The lowest BCUT2D eigenvalue weighted by Gasteiger charge is -2.29. The Morgan fingerprint density at radius 3 is 2.74 bits per heavy atom. The van der Waals surface area contributed by atoms with Gasteiger partial charge in [-0.1, -0.05) is 0 Å². The number of aromatic nitrogens is 1. The van der Waals surface area contributed by atoms with Gasteiger partial charge in [-0.3, -0.25) is 0 Å². The summed E-state index contributed by atoms with van der Waals surface area (Å²) in [6, 6.07) is 5.04. The summed E-state index contributed by atoms with van der Waals surface area (Å²) in [5, 5.41) is 3.37. The normalized spacial score (nSPS) is 23.9. The molecule has 2 aliphatic heterocycles. The van der Waals surface area contributed by atoms with Gasteiger partial charge in [0.25, 0.3) is 0 Å². The number of nitrogens with one attached hydrogen (secondary N) is 1. The molecule has 0 aromatic carbocycles. The first kappa shape index (κ1) is 12.7. The molecule has 0 bridgehead atoms. The summed E-state index contributed by atoms with van der Waals surface area (Å²) in [4.78, 5) is 9.46. The van der Waals surface area contributed by atoms with Crippen molar-refractivity contribution in [3.8, 4) is 0 Å². The standard InChI is InChI=1S/C15H24N4/c1-16-13-6-10-19(12-13)14-5-7-17-15(11-14)18-8-3-2-4-9-18/h5,7,11,13,16H,2-4,6,8-10,12H2,1H3/t13-/m1/s1. The predicted molar refractivity (Wildman–Crippen MR) is 80.0 cm³/mol. The minimum absolute atomic E-state index is 0.631. The lowest BCUT2D eigenvalue weighted by atomic mass is 10.1. The van der Waals surface area contributed by atoms with Crippen molar-refractivity contribution in [3.05, 3.63) is 18.3 Å². The molecule has 0 amide bonds.